The first kappa shape index (κ1) is 9.51. The molecule has 0 atom stereocenters. The molecule has 82 valence electrons. The van der Waals surface area contributed by atoms with E-state index < -0.39 is 0 Å². The number of fused-ring (bicyclic) bond motifs is 2. The highest BCUT2D eigenvalue weighted by Crippen LogP contribution is 2.24. The van der Waals surface area contributed by atoms with E-state index in [4.69, 9.17) is 5.73 Å². The van der Waals surface area contributed by atoms with Crippen LogP contribution in [-0.2, 0) is 12.8 Å². The molecular weight excluding hydrogens is 200 g/mol. The minimum absolute atomic E-state index is 0.251. The zero-order chi connectivity index (χ0) is 11.0. The summed E-state index contributed by atoms with van der Waals surface area (Å²) in [4.78, 5) is 4.22. The lowest BCUT2D eigenvalue weighted by Gasteiger charge is -2.06. The summed E-state index contributed by atoms with van der Waals surface area (Å²) < 4.78 is 0. The highest BCUT2D eigenvalue weighted by Gasteiger charge is 2.10. The number of anilines is 1. The molecule has 0 fully saturated rings. The predicted molar refractivity (Wildman–Crippen MR) is 63.0 cm³/mol. The highest BCUT2D eigenvalue weighted by molar-refractivity contribution is 5.76. The van der Waals surface area contributed by atoms with E-state index in [1.54, 1.807) is 0 Å². The fraction of sp³-hybridized carbons (Fsp3) is 0.417. The van der Waals surface area contributed by atoms with Crippen molar-refractivity contribution in [3.8, 4) is 0 Å². The third-order valence-electron chi connectivity index (χ3n) is 3.18. The van der Waals surface area contributed by atoms with Gasteiger partial charge in [-0.25, -0.2) is 4.98 Å². The predicted octanol–water partition coefficient (Wildman–Crippen LogP) is 1.88. The lowest BCUT2D eigenvalue weighted by molar-refractivity contribution is 0.712. The first-order chi connectivity index (χ1) is 7.83. The smallest absolute Gasteiger partial charge is 0.240 e. The molecule has 0 saturated carbocycles. The number of benzene rings is 1. The van der Waals surface area contributed by atoms with Gasteiger partial charge in [-0.1, -0.05) is 6.42 Å². The molecule has 0 saturated heterocycles. The molecule has 4 nitrogen and oxygen atoms in total. The lowest BCUT2D eigenvalue weighted by atomic mass is 10.0. The molecule has 0 bridgehead atoms. The SMILES string of the molecule is Nc1nnc2cc3c(cc2n1)CCCCC3. The minimum atomic E-state index is 0.251. The summed E-state index contributed by atoms with van der Waals surface area (Å²) in [5.74, 6) is 0.251. The highest BCUT2D eigenvalue weighted by atomic mass is 15.2. The van der Waals surface area contributed by atoms with E-state index in [2.05, 4.69) is 27.3 Å². The van der Waals surface area contributed by atoms with Crippen LogP contribution in [0.2, 0.25) is 0 Å². The maximum atomic E-state index is 5.55. The van der Waals surface area contributed by atoms with E-state index in [1.807, 2.05) is 0 Å². The van der Waals surface area contributed by atoms with Crippen molar-refractivity contribution in [3.05, 3.63) is 23.3 Å². The summed E-state index contributed by atoms with van der Waals surface area (Å²) in [5.41, 5.74) is 10.1. The Kier molecular flexibility index (Phi) is 2.20. The maximum absolute atomic E-state index is 5.55. The van der Waals surface area contributed by atoms with E-state index in [0.29, 0.717) is 0 Å². The van der Waals surface area contributed by atoms with Gasteiger partial charge in [-0.3, -0.25) is 0 Å². The van der Waals surface area contributed by atoms with Crippen molar-refractivity contribution in [1.29, 1.82) is 0 Å². The van der Waals surface area contributed by atoms with Crippen molar-refractivity contribution in [2.24, 2.45) is 0 Å². The maximum Gasteiger partial charge on any atom is 0.240 e. The third-order valence-corrected chi connectivity index (χ3v) is 3.18. The summed E-state index contributed by atoms with van der Waals surface area (Å²) in [6.45, 7) is 0. The van der Waals surface area contributed by atoms with Crippen LogP contribution in [0.1, 0.15) is 30.4 Å². The van der Waals surface area contributed by atoms with Gasteiger partial charge in [-0.2, -0.15) is 0 Å². The fourth-order valence-electron chi connectivity index (χ4n) is 2.36. The van der Waals surface area contributed by atoms with Crippen LogP contribution in [0.4, 0.5) is 5.95 Å². The lowest BCUT2D eigenvalue weighted by Crippen LogP contribution is -2.00. The zero-order valence-electron chi connectivity index (χ0n) is 9.11. The molecule has 1 heterocycles. The van der Waals surface area contributed by atoms with E-state index in [1.165, 1.54) is 30.4 Å². The van der Waals surface area contributed by atoms with Crippen LogP contribution >= 0.6 is 0 Å². The topological polar surface area (TPSA) is 64.7 Å². The molecule has 0 unspecified atom stereocenters. The molecule has 0 aliphatic heterocycles. The first-order valence-electron chi connectivity index (χ1n) is 5.74. The van der Waals surface area contributed by atoms with Crippen molar-refractivity contribution >= 4 is 17.0 Å². The molecule has 1 aromatic carbocycles. The van der Waals surface area contributed by atoms with Crippen LogP contribution in [0.15, 0.2) is 12.1 Å². The Morgan fingerprint density at radius 1 is 0.875 bits per heavy atom. The van der Waals surface area contributed by atoms with Crippen molar-refractivity contribution in [2.75, 3.05) is 5.73 Å². The third kappa shape index (κ3) is 1.60. The molecule has 16 heavy (non-hydrogen) atoms. The molecule has 1 aliphatic carbocycles. The van der Waals surface area contributed by atoms with E-state index in [0.717, 1.165) is 23.9 Å². The van der Waals surface area contributed by atoms with E-state index >= 15 is 0 Å². The van der Waals surface area contributed by atoms with Crippen LogP contribution in [0.25, 0.3) is 11.0 Å². The molecule has 2 N–H and O–H groups in total. The Morgan fingerprint density at radius 2 is 1.56 bits per heavy atom. The standard InChI is InChI=1S/C12H14N4/c13-12-14-10-6-8-4-2-1-3-5-9(8)7-11(10)15-16-12/h6-7H,1-5H2,(H2,13,14,16). The quantitative estimate of drug-likeness (QED) is 0.680. The molecule has 0 amide bonds. The second-order valence-corrected chi connectivity index (χ2v) is 4.34. The Bertz CT molecular complexity index is 536. The van der Waals surface area contributed by atoms with Crippen molar-refractivity contribution in [3.63, 3.8) is 0 Å². The second kappa shape index (κ2) is 3.70. The van der Waals surface area contributed by atoms with Crippen molar-refractivity contribution in [1.82, 2.24) is 15.2 Å². The van der Waals surface area contributed by atoms with Gasteiger partial charge in [0, 0.05) is 0 Å². The Hall–Kier alpha value is -1.71. The van der Waals surface area contributed by atoms with Crippen molar-refractivity contribution in [2.45, 2.75) is 32.1 Å². The van der Waals surface area contributed by atoms with Gasteiger partial charge in [0.1, 0.15) is 5.52 Å². The number of hydrogen-bond donors (Lipinski definition) is 1. The van der Waals surface area contributed by atoms with Crippen LogP contribution in [0.3, 0.4) is 0 Å². The van der Waals surface area contributed by atoms with Gasteiger partial charge in [0.25, 0.3) is 0 Å². The van der Waals surface area contributed by atoms with Gasteiger partial charge in [-0.15, -0.1) is 10.2 Å². The van der Waals surface area contributed by atoms with Crippen LogP contribution < -0.4 is 5.73 Å². The van der Waals surface area contributed by atoms with Crippen LogP contribution in [0.5, 0.6) is 0 Å². The summed E-state index contributed by atoms with van der Waals surface area (Å²) in [7, 11) is 0. The van der Waals surface area contributed by atoms with Gasteiger partial charge in [0.15, 0.2) is 0 Å². The number of nitrogens with zero attached hydrogens (tertiary/aromatic N) is 3. The average Bonchev–Trinajstić information content (AvgIpc) is 2.50. The number of rotatable bonds is 0. The van der Waals surface area contributed by atoms with Crippen molar-refractivity contribution < 1.29 is 0 Å². The molecule has 3 rings (SSSR count). The molecule has 0 radical (unpaired) electrons. The average molecular weight is 214 g/mol. The molecule has 1 aromatic heterocycles. The molecule has 1 aliphatic rings. The van der Waals surface area contributed by atoms with Gasteiger partial charge in [0.05, 0.1) is 5.52 Å². The summed E-state index contributed by atoms with van der Waals surface area (Å²) in [5, 5.41) is 7.88. The summed E-state index contributed by atoms with van der Waals surface area (Å²) >= 11 is 0. The summed E-state index contributed by atoms with van der Waals surface area (Å²) in [6, 6.07) is 4.25. The number of nitrogen functional groups attached to an aromatic ring is 1. The van der Waals surface area contributed by atoms with Gasteiger partial charge in [-0.05, 0) is 48.9 Å². The summed E-state index contributed by atoms with van der Waals surface area (Å²) in [6.07, 6.45) is 6.15. The van der Waals surface area contributed by atoms with Gasteiger partial charge >= 0.3 is 0 Å². The normalized spacial score (nSPS) is 15.8. The van der Waals surface area contributed by atoms with Crippen LogP contribution in [0, 0.1) is 0 Å². The van der Waals surface area contributed by atoms with Gasteiger partial charge < -0.3 is 5.73 Å². The number of aryl methyl sites for hydroxylation is 2. The van der Waals surface area contributed by atoms with Crippen LogP contribution in [-0.4, -0.2) is 15.2 Å². The Labute approximate surface area is 93.9 Å². The fourth-order valence-corrected chi connectivity index (χ4v) is 2.36. The largest absolute Gasteiger partial charge is 0.366 e. The molecule has 0 spiro atoms. The number of hydrogen-bond acceptors (Lipinski definition) is 4. The van der Waals surface area contributed by atoms with E-state index in [9.17, 15) is 0 Å². The second-order valence-electron chi connectivity index (χ2n) is 4.34. The molecular formula is C12H14N4. The van der Waals surface area contributed by atoms with E-state index in [-0.39, 0.29) is 5.95 Å². The Morgan fingerprint density at radius 3 is 2.31 bits per heavy atom. The Balaban J connectivity index is 2.20. The molecule has 2 aromatic rings. The minimum Gasteiger partial charge on any atom is -0.366 e. The molecule has 4 heteroatoms. The van der Waals surface area contributed by atoms with Gasteiger partial charge in [0.2, 0.25) is 5.95 Å². The zero-order valence-corrected chi connectivity index (χ0v) is 9.11. The monoisotopic (exact) mass is 214 g/mol. The number of aromatic nitrogens is 3. The number of nitrogens with two attached hydrogens (primary N) is 1. The first-order valence-corrected chi connectivity index (χ1v) is 5.74.